The fourth-order valence-electron chi connectivity index (χ4n) is 4.18. The van der Waals surface area contributed by atoms with E-state index in [0.29, 0.717) is 5.02 Å². The molecule has 0 bridgehead atoms. The Labute approximate surface area is 166 Å². The summed E-state index contributed by atoms with van der Waals surface area (Å²) in [6.45, 7) is 5.31. The molecule has 0 aliphatic carbocycles. The van der Waals surface area contributed by atoms with E-state index in [0.717, 1.165) is 55.8 Å². The summed E-state index contributed by atoms with van der Waals surface area (Å²) in [5.41, 5.74) is 3.26. The lowest BCUT2D eigenvalue weighted by Gasteiger charge is -2.35. The van der Waals surface area contributed by atoms with Gasteiger partial charge < -0.3 is 15.1 Å². The van der Waals surface area contributed by atoms with Crippen molar-refractivity contribution in [1.82, 2.24) is 15.1 Å². The number of hydrogen-bond donors (Lipinski definition) is 1. The first-order chi connectivity index (χ1) is 13.1. The third-order valence-electron chi connectivity index (χ3n) is 5.83. The maximum Gasteiger partial charge on any atom is 0.228 e. The van der Waals surface area contributed by atoms with Crippen molar-refractivity contribution in [1.29, 1.82) is 0 Å². The zero-order chi connectivity index (χ0) is 18.8. The van der Waals surface area contributed by atoms with E-state index < -0.39 is 0 Å². The van der Waals surface area contributed by atoms with E-state index in [1.807, 2.05) is 36.4 Å². The second kappa shape index (κ2) is 8.01. The van der Waals surface area contributed by atoms with Crippen molar-refractivity contribution in [3.8, 4) is 0 Å². The van der Waals surface area contributed by atoms with Gasteiger partial charge in [-0.05, 0) is 42.8 Å². The van der Waals surface area contributed by atoms with Crippen molar-refractivity contribution in [2.75, 3.05) is 39.8 Å². The molecule has 5 heteroatoms. The highest BCUT2D eigenvalue weighted by Crippen LogP contribution is 2.38. The predicted octanol–water partition coefficient (Wildman–Crippen LogP) is 3.28. The number of likely N-dealkylation sites (N-methyl/N-ethyl adjacent to an activating group) is 1. The van der Waals surface area contributed by atoms with Crippen molar-refractivity contribution < 1.29 is 4.79 Å². The van der Waals surface area contributed by atoms with Crippen LogP contribution in [0.15, 0.2) is 48.5 Å². The normalized spacial score (nSPS) is 23.7. The monoisotopic (exact) mass is 383 g/mol. The van der Waals surface area contributed by atoms with Crippen LogP contribution in [0.4, 0.5) is 0 Å². The predicted molar refractivity (Wildman–Crippen MR) is 109 cm³/mol. The van der Waals surface area contributed by atoms with Crippen LogP contribution in [0.2, 0.25) is 5.02 Å². The molecular formula is C22H26ClN3O. The van der Waals surface area contributed by atoms with Gasteiger partial charge in [-0.15, -0.1) is 0 Å². The van der Waals surface area contributed by atoms with E-state index in [9.17, 15) is 4.79 Å². The standard InChI is InChI=1S/C22H26ClN3O/c1-25-12-14-26(15-13-25)11-10-18-16-6-2-3-7-17(16)21(24-22(18)27)19-8-4-5-9-20(19)23/h2-9,18,21H,10-15H2,1H3,(H,24,27). The molecule has 0 saturated carbocycles. The van der Waals surface area contributed by atoms with Crippen molar-refractivity contribution in [2.24, 2.45) is 0 Å². The Bertz CT molecular complexity index is 817. The van der Waals surface area contributed by atoms with Gasteiger partial charge in [-0.25, -0.2) is 0 Å². The first-order valence-corrected chi connectivity index (χ1v) is 10.1. The average molecular weight is 384 g/mol. The van der Waals surface area contributed by atoms with Crippen molar-refractivity contribution in [3.63, 3.8) is 0 Å². The third-order valence-corrected chi connectivity index (χ3v) is 6.18. The Balaban J connectivity index is 1.56. The lowest BCUT2D eigenvalue weighted by Crippen LogP contribution is -2.46. The number of carbonyl (C=O) groups excluding carboxylic acids is 1. The van der Waals surface area contributed by atoms with Crippen LogP contribution < -0.4 is 5.32 Å². The van der Waals surface area contributed by atoms with Crippen molar-refractivity contribution >= 4 is 17.5 Å². The van der Waals surface area contributed by atoms with Gasteiger partial charge in [-0.1, -0.05) is 54.1 Å². The Kier molecular flexibility index (Phi) is 5.48. The first kappa shape index (κ1) is 18.5. The summed E-state index contributed by atoms with van der Waals surface area (Å²) in [5.74, 6) is 0.00680. The highest BCUT2D eigenvalue weighted by Gasteiger charge is 2.34. The van der Waals surface area contributed by atoms with E-state index in [1.165, 1.54) is 0 Å². The van der Waals surface area contributed by atoms with Crippen molar-refractivity contribution in [3.05, 3.63) is 70.2 Å². The lowest BCUT2D eigenvalue weighted by molar-refractivity contribution is -0.124. The van der Waals surface area contributed by atoms with Crippen LogP contribution in [0.3, 0.4) is 0 Å². The number of halogens is 1. The lowest BCUT2D eigenvalue weighted by atomic mass is 9.82. The molecule has 1 N–H and O–H groups in total. The van der Waals surface area contributed by atoms with Crippen molar-refractivity contribution in [2.45, 2.75) is 18.4 Å². The van der Waals surface area contributed by atoms with Gasteiger partial charge in [0.25, 0.3) is 0 Å². The van der Waals surface area contributed by atoms with Crippen LogP contribution in [-0.4, -0.2) is 55.5 Å². The molecule has 2 atom stereocenters. The Morgan fingerprint density at radius 3 is 2.30 bits per heavy atom. The molecule has 2 aliphatic rings. The molecule has 1 amide bonds. The number of benzene rings is 2. The zero-order valence-electron chi connectivity index (χ0n) is 15.7. The number of amides is 1. The molecule has 2 aromatic carbocycles. The third kappa shape index (κ3) is 3.88. The average Bonchev–Trinajstić information content (AvgIpc) is 2.69. The smallest absolute Gasteiger partial charge is 0.228 e. The number of piperazine rings is 1. The minimum absolute atomic E-state index is 0.0976. The highest BCUT2D eigenvalue weighted by atomic mass is 35.5. The summed E-state index contributed by atoms with van der Waals surface area (Å²) < 4.78 is 0. The minimum Gasteiger partial charge on any atom is -0.345 e. The van der Waals surface area contributed by atoms with Gasteiger partial charge in [0, 0.05) is 31.2 Å². The molecule has 0 spiro atoms. The number of hydrogen-bond acceptors (Lipinski definition) is 3. The molecule has 2 unspecified atom stereocenters. The second-order valence-electron chi connectivity index (χ2n) is 7.58. The van der Waals surface area contributed by atoms with E-state index in [2.05, 4.69) is 34.3 Å². The molecule has 1 fully saturated rings. The van der Waals surface area contributed by atoms with E-state index in [-0.39, 0.29) is 17.9 Å². The molecule has 0 radical (unpaired) electrons. The van der Waals surface area contributed by atoms with Crippen LogP contribution in [0.5, 0.6) is 0 Å². The molecule has 0 aromatic heterocycles. The van der Waals surface area contributed by atoms with Gasteiger partial charge in [-0.3, -0.25) is 4.79 Å². The molecule has 2 aromatic rings. The van der Waals surface area contributed by atoms with Crippen LogP contribution in [0.1, 0.15) is 35.1 Å². The fraction of sp³-hybridized carbons (Fsp3) is 0.409. The summed E-state index contributed by atoms with van der Waals surface area (Å²) in [7, 11) is 2.16. The van der Waals surface area contributed by atoms with Gasteiger partial charge in [-0.2, -0.15) is 0 Å². The second-order valence-corrected chi connectivity index (χ2v) is 7.99. The Morgan fingerprint density at radius 1 is 0.963 bits per heavy atom. The maximum absolute atomic E-state index is 13.0. The summed E-state index contributed by atoms with van der Waals surface area (Å²) in [6, 6.07) is 15.9. The van der Waals surface area contributed by atoms with Gasteiger partial charge in [0.1, 0.15) is 0 Å². The first-order valence-electron chi connectivity index (χ1n) is 9.68. The highest BCUT2D eigenvalue weighted by molar-refractivity contribution is 6.31. The van der Waals surface area contributed by atoms with Crippen LogP contribution in [0, 0.1) is 0 Å². The number of nitrogens with zero attached hydrogens (tertiary/aromatic N) is 2. The molecule has 2 aliphatic heterocycles. The Morgan fingerprint density at radius 2 is 1.59 bits per heavy atom. The van der Waals surface area contributed by atoms with Gasteiger partial charge in [0.2, 0.25) is 5.91 Å². The number of rotatable bonds is 4. The largest absolute Gasteiger partial charge is 0.345 e. The Hall–Kier alpha value is -1.88. The molecule has 2 heterocycles. The molecule has 27 heavy (non-hydrogen) atoms. The zero-order valence-corrected chi connectivity index (χ0v) is 16.5. The van der Waals surface area contributed by atoms with Crippen LogP contribution >= 0.6 is 11.6 Å². The van der Waals surface area contributed by atoms with Gasteiger partial charge >= 0.3 is 0 Å². The molecule has 4 rings (SSSR count). The number of nitrogens with one attached hydrogen (secondary N) is 1. The molecular weight excluding hydrogens is 358 g/mol. The number of carbonyl (C=O) groups is 1. The van der Waals surface area contributed by atoms with Crippen LogP contribution in [0.25, 0.3) is 0 Å². The van der Waals surface area contributed by atoms with Crippen LogP contribution in [-0.2, 0) is 4.79 Å². The fourth-order valence-corrected chi connectivity index (χ4v) is 4.42. The maximum atomic E-state index is 13.0. The quantitative estimate of drug-likeness (QED) is 0.880. The molecule has 1 saturated heterocycles. The van der Waals surface area contributed by atoms with Gasteiger partial charge in [0.05, 0.1) is 12.0 Å². The summed E-state index contributed by atoms with van der Waals surface area (Å²) >= 11 is 6.42. The van der Waals surface area contributed by atoms with E-state index >= 15 is 0 Å². The molecule has 4 nitrogen and oxygen atoms in total. The van der Waals surface area contributed by atoms with E-state index in [4.69, 9.17) is 11.6 Å². The minimum atomic E-state index is -0.178. The summed E-state index contributed by atoms with van der Waals surface area (Å²) in [4.78, 5) is 17.8. The summed E-state index contributed by atoms with van der Waals surface area (Å²) in [6.07, 6.45) is 0.849. The number of fused-ring (bicyclic) bond motifs is 1. The topological polar surface area (TPSA) is 35.6 Å². The van der Waals surface area contributed by atoms with E-state index in [1.54, 1.807) is 0 Å². The molecule has 142 valence electrons. The summed E-state index contributed by atoms with van der Waals surface area (Å²) in [5, 5.41) is 3.91. The SMILES string of the molecule is CN1CCN(CCC2C(=O)NC(c3ccccc3Cl)c3ccccc32)CC1. The van der Waals surface area contributed by atoms with Gasteiger partial charge in [0.15, 0.2) is 0 Å².